The van der Waals surface area contributed by atoms with Crippen molar-refractivity contribution >= 4 is 11.0 Å². The third-order valence-electron chi connectivity index (χ3n) is 4.59. The van der Waals surface area contributed by atoms with Gasteiger partial charge in [0.2, 0.25) is 11.4 Å². The van der Waals surface area contributed by atoms with Crippen molar-refractivity contribution in [1.29, 1.82) is 5.26 Å². The Morgan fingerprint density at radius 2 is 1.93 bits per heavy atom. The number of pyridine rings is 3. The van der Waals surface area contributed by atoms with E-state index >= 15 is 0 Å². The molecular formula is C22H16N4O2. The Kier molecular flexibility index (Phi) is 4.34. The van der Waals surface area contributed by atoms with E-state index in [-0.39, 0.29) is 5.56 Å². The van der Waals surface area contributed by atoms with Crippen molar-refractivity contribution in [3.8, 4) is 34.3 Å². The molecule has 0 spiro atoms. The summed E-state index contributed by atoms with van der Waals surface area (Å²) in [5.41, 5.74) is 4.94. The molecule has 28 heavy (non-hydrogen) atoms. The smallest absolute Gasteiger partial charge is 0.249 e. The summed E-state index contributed by atoms with van der Waals surface area (Å²) in [6, 6.07) is 16.7. The molecule has 1 N–H and O–H groups in total. The minimum atomic E-state index is -0.217. The molecule has 4 rings (SSSR count). The van der Waals surface area contributed by atoms with Gasteiger partial charge in [-0.2, -0.15) is 5.26 Å². The molecule has 0 unspecified atom stereocenters. The van der Waals surface area contributed by atoms with Crippen LogP contribution in [0.5, 0.6) is 5.88 Å². The molecule has 4 aromatic rings. The highest BCUT2D eigenvalue weighted by atomic mass is 16.5. The fourth-order valence-electron chi connectivity index (χ4n) is 3.10. The van der Waals surface area contributed by atoms with Gasteiger partial charge in [0.25, 0.3) is 0 Å². The summed E-state index contributed by atoms with van der Waals surface area (Å²) >= 11 is 0. The molecule has 0 aliphatic rings. The van der Waals surface area contributed by atoms with Crippen LogP contribution in [0.25, 0.3) is 33.4 Å². The number of methoxy groups -OCH3 is 1. The van der Waals surface area contributed by atoms with E-state index in [4.69, 9.17) is 9.72 Å². The lowest BCUT2D eigenvalue weighted by Crippen LogP contribution is -2.04. The third kappa shape index (κ3) is 3.10. The zero-order valence-corrected chi connectivity index (χ0v) is 15.4. The van der Waals surface area contributed by atoms with Gasteiger partial charge in [0.1, 0.15) is 5.65 Å². The number of rotatable bonds is 3. The van der Waals surface area contributed by atoms with E-state index in [1.54, 1.807) is 19.4 Å². The van der Waals surface area contributed by atoms with E-state index in [1.807, 2.05) is 43.3 Å². The molecule has 0 bridgehead atoms. The van der Waals surface area contributed by atoms with Gasteiger partial charge in [-0.25, -0.2) is 9.97 Å². The number of nitrogens with zero attached hydrogens (tertiary/aromatic N) is 3. The molecule has 0 aliphatic carbocycles. The SMILES string of the molecule is COc1cc(-c2cc3ccc(=O)[nH]c3nc2-c2ccc(C)c(C#N)c2)ccn1. The van der Waals surface area contributed by atoms with E-state index in [9.17, 15) is 10.1 Å². The largest absolute Gasteiger partial charge is 0.481 e. The summed E-state index contributed by atoms with van der Waals surface area (Å²) < 4.78 is 5.26. The highest BCUT2D eigenvalue weighted by Gasteiger charge is 2.14. The predicted octanol–water partition coefficient (Wildman–Crippen LogP) is 3.84. The van der Waals surface area contributed by atoms with Crippen molar-refractivity contribution in [1.82, 2.24) is 15.0 Å². The zero-order chi connectivity index (χ0) is 19.7. The van der Waals surface area contributed by atoms with Gasteiger partial charge in [0.05, 0.1) is 24.4 Å². The standard InChI is InChI=1S/C22H16N4O2/c1-13-3-4-15(9-17(13)12-23)21-18(14-7-8-24-20(11-14)28-2)10-16-5-6-19(27)25-22(16)26-21/h3-11H,1-2H3,(H,25,26,27). The van der Waals surface area contributed by atoms with Crippen LogP contribution < -0.4 is 10.3 Å². The first-order valence-electron chi connectivity index (χ1n) is 8.64. The van der Waals surface area contributed by atoms with Gasteiger partial charge in [-0.15, -0.1) is 0 Å². The van der Waals surface area contributed by atoms with Crippen molar-refractivity contribution in [2.75, 3.05) is 7.11 Å². The van der Waals surface area contributed by atoms with Crippen molar-refractivity contribution in [3.05, 3.63) is 76.2 Å². The minimum absolute atomic E-state index is 0.217. The lowest BCUT2D eigenvalue weighted by Gasteiger charge is -2.12. The Morgan fingerprint density at radius 3 is 2.71 bits per heavy atom. The average Bonchev–Trinajstić information content (AvgIpc) is 2.73. The number of benzene rings is 1. The number of hydrogen-bond donors (Lipinski definition) is 1. The fourth-order valence-corrected chi connectivity index (χ4v) is 3.10. The molecule has 0 amide bonds. The number of ether oxygens (including phenoxy) is 1. The van der Waals surface area contributed by atoms with E-state index in [2.05, 4.69) is 16.0 Å². The maximum atomic E-state index is 11.8. The van der Waals surface area contributed by atoms with Crippen LogP contribution in [0, 0.1) is 18.3 Å². The molecule has 0 fully saturated rings. The topological polar surface area (TPSA) is 91.7 Å². The van der Waals surface area contributed by atoms with Gasteiger partial charge in [-0.05, 0) is 42.3 Å². The van der Waals surface area contributed by atoms with E-state index in [0.717, 1.165) is 27.6 Å². The number of hydrogen-bond acceptors (Lipinski definition) is 5. The second kappa shape index (κ2) is 6.97. The van der Waals surface area contributed by atoms with Crippen LogP contribution in [0.4, 0.5) is 0 Å². The first-order valence-corrected chi connectivity index (χ1v) is 8.64. The third-order valence-corrected chi connectivity index (χ3v) is 4.59. The predicted molar refractivity (Wildman–Crippen MR) is 107 cm³/mol. The van der Waals surface area contributed by atoms with Crippen molar-refractivity contribution in [2.24, 2.45) is 0 Å². The van der Waals surface area contributed by atoms with Gasteiger partial charge in [-0.3, -0.25) is 4.79 Å². The highest BCUT2D eigenvalue weighted by Crippen LogP contribution is 2.34. The summed E-state index contributed by atoms with van der Waals surface area (Å²) in [5.74, 6) is 0.492. The number of nitriles is 1. The number of H-pyrrole nitrogens is 1. The minimum Gasteiger partial charge on any atom is -0.481 e. The molecule has 0 saturated heterocycles. The van der Waals surface area contributed by atoms with Crippen molar-refractivity contribution in [3.63, 3.8) is 0 Å². The van der Waals surface area contributed by atoms with Gasteiger partial charge in [-0.1, -0.05) is 12.1 Å². The Bertz CT molecular complexity index is 1300. The molecular weight excluding hydrogens is 352 g/mol. The summed E-state index contributed by atoms with van der Waals surface area (Å²) in [6.07, 6.45) is 1.67. The molecule has 3 aromatic heterocycles. The van der Waals surface area contributed by atoms with Gasteiger partial charge >= 0.3 is 0 Å². The second-order valence-corrected chi connectivity index (χ2v) is 6.37. The number of aromatic amines is 1. The molecule has 0 atom stereocenters. The summed E-state index contributed by atoms with van der Waals surface area (Å²) in [4.78, 5) is 23.4. The number of aromatic nitrogens is 3. The lowest BCUT2D eigenvalue weighted by molar-refractivity contribution is 0.398. The van der Waals surface area contributed by atoms with Crippen LogP contribution in [-0.4, -0.2) is 22.1 Å². The Labute approximate surface area is 161 Å². The average molecular weight is 368 g/mol. The zero-order valence-electron chi connectivity index (χ0n) is 15.4. The van der Waals surface area contributed by atoms with Crippen LogP contribution >= 0.6 is 0 Å². The second-order valence-electron chi connectivity index (χ2n) is 6.37. The maximum absolute atomic E-state index is 11.8. The molecule has 0 radical (unpaired) electrons. The first kappa shape index (κ1) is 17.4. The van der Waals surface area contributed by atoms with Gasteiger partial charge in [0, 0.05) is 34.8 Å². The van der Waals surface area contributed by atoms with E-state index < -0.39 is 0 Å². The highest BCUT2D eigenvalue weighted by molar-refractivity contribution is 5.90. The molecule has 1 aromatic carbocycles. The normalized spacial score (nSPS) is 10.6. The molecule has 0 aliphatic heterocycles. The fraction of sp³-hybridized carbons (Fsp3) is 0.0909. The molecule has 6 heteroatoms. The number of fused-ring (bicyclic) bond motifs is 1. The quantitative estimate of drug-likeness (QED) is 0.593. The maximum Gasteiger partial charge on any atom is 0.249 e. The number of nitrogens with one attached hydrogen (secondary N) is 1. The summed E-state index contributed by atoms with van der Waals surface area (Å²) in [6.45, 7) is 1.89. The molecule has 0 saturated carbocycles. The van der Waals surface area contributed by atoms with Crippen LogP contribution in [-0.2, 0) is 0 Å². The van der Waals surface area contributed by atoms with Crippen LogP contribution in [0.2, 0.25) is 0 Å². The van der Waals surface area contributed by atoms with Crippen LogP contribution in [0.3, 0.4) is 0 Å². The molecule has 6 nitrogen and oxygen atoms in total. The Hall–Kier alpha value is -3.98. The monoisotopic (exact) mass is 368 g/mol. The lowest BCUT2D eigenvalue weighted by atomic mass is 9.96. The summed E-state index contributed by atoms with van der Waals surface area (Å²) in [5, 5.41) is 10.2. The van der Waals surface area contributed by atoms with E-state index in [0.29, 0.717) is 22.8 Å². The van der Waals surface area contributed by atoms with E-state index in [1.165, 1.54) is 6.07 Å². The van der Waals surface area contributed by atoms with Crippen LogP contribution in [0.15, 0.2) is 59.5 Å². The first-order chi connectivity index (χ1) is 13.6. The van der Waals surface area contributed by atoms with Crippen LogP contribution in [0.1, 0.15) is 11.1 Å². The van der Waals surface area contributed by atoms with Crippen molar-refractivity contribution in [2.45, 2.75) is 6.92 Å². The van der Waals surface area contributed by atoms with Gasteiger partial charge in [0.15, 0.2) is 0 Å². The Balaban J connectivity index is 2.04. The number of aryl methyl sites for hydroxylation is 1. The Morgan fingerprint density at radius 1 is 1.07 bits per heavy atom. The molecule has 3 heterocycles. The van der Waals surface area contributed by atoms with Gasteiger partial charge < -0.3 is 9.72 Å². The van der Waals surface area contributed by atoms with Crippen molar-refractivity contribution < 1.29 is 4.74 Å². The summed E-state index contributed by atoms with van der Waals surface area (Å²) in [7, 11) is 1.57. The molecule has 136 valence electrons.